The number of aromatic hydroxyl groups is 1. The Morgan fingerprint density at radius 1 is 0.864 bits per heavy atom. The summed E-state index contributed by atoms with van der Waals surface area (Å²) in [6.45, 7) is 0. The summed E-state index contributed by atoms with van der Waals surface area (Å²) < 4.78 is 0. The van der Waals surface area contributed by atoms with Crippen molar-refractivity contribution in [2.24, 2.45) is 0 Å². The molecule has 22 heavy (non-hydrogen) atoms. The molecule has 0 saturated carbocycles. The molecule has 115 valence electrons. The molecule has 3 rings (SSSR count). The van der Waals surface area contributed by atoms with Gasteiger partial charge in [0.15, 0.2) is 5.75 Å². The van der Waals surface area contributed by atoms with E-state index in [1.54, 1.807) is 0 Å². The summed E-state index contributed by atoms with van der Waals surface area (Å²) in [7, 11) is 0. The summed E-state index contributed by atoms with van der Waals surface area (Å²) in [4.78, 5) is 0. The van der Waals surface area contributed by atoms with Crippen molar-refractivity contribution in [1.29, 1.82) is 0 Å². The molecule has 0 aliphatic carbocycles. The molecule has 1 radical (unpaired) electrons. The van der Waals surface area contributed by atoms with Gasteiger partial charge in [-0.05, 0) is 12.1 Å². The van der Waals surface area contributed by atoms with Crippen LogP contribution in [0.4, 0.5) is 0 Å². The molecule has 0 unspecified atom stereocenters. The number of phenols is 1. The number of phenolic OH excluding ortho intramolecular Hbond substituents is 1. The summed E-state index contributed by atoms with van der Waals surface area (Å²) >= 11 is 16.5. The molecule has 7 heteroatoms. The fraction of sp³-hybridized carbons (Fsp3) is 0. The van der Waals surface area contributed by atoms with Crippen LogP contribution in [0, 0.1) is 0 Å². The van der Waals surface area contributed by atoms with E-state index < -0.39 is 0 Å². The SMILES string of the molecule is Oc1c(Cl)cc(Cl)cc1Cl.[Cl-].[Cl-].[Ti+3].c1ccc2[cH-]ccc2c1. The van der Waals surface area contributed by atoms with Crippen LogP contribution in [0.15, 0.2) is 54.6 Å². The molecular weight excluding hydrogens is 421 g/mol. The minimum absolute atomic E-state index is 0. The van der Waals surface area contributed by atoms with Gasteiger partial charge in [0.05, 0.1) is 10.0 Å². The van der Waals surface area contributed by atoms with Crippen molar-refractivity contribution in [3.8, 4) is 5.75 Å². The van der Waals surface area contributed by atoms with Crippen molar-refractivity contribution in [2.45, 2.75) is 0 Å². The van der Waals surface area contributed by atoms with Crippen LogP contribution in [-0.4, -0.2) is 5.11 Å². The summed E-state index contributed by atoms with van der Waals surface area (Å²) in [6.07, 6.45) is 0. The molecule has 1 nitrogen and oxygen atoms in total. The molecule has 0 aliphatic heterocycles. The van der Waals surface area contributed by atoms with E-state index >= 15 is 0 Å². The maximum absolute atomic E-state index is 9.01. The third-order valence-electron chi connectivity index (χ3n) is 2.53. The van der Waals surface area contributed by atoms with Crippen molar-refractivity contribution >= 4 is 45.6 Å². The third kappa shape index (κ3) is 6.64. The van der Waals surface area contributed by atoms with Gasteiger partial charge < -0.3 is 29.9 Å². The Morgan fingerprint density at radius 2 is 1.41 bits per heavy atom. The Bertz CT molecular complexity index is 646. The third-order valence-corrected chi connectivity index (χ3v) is 3.32. The predicted molar refractivity (Wildman–Crippen MR) is 82.7 cm³/mol. The Kier molecular flexibility index (Phi) is 12.7. The molecule has 1 N–H and O–H groups in total. The maximum Gasteiger partial charge on any atom is 3.00 e. The summed E-state index contributed by atoms with van der Waals surface area (Å²) in [6, 6.07) is 17.5. The zero-order chi connectivity index (χ0) is 13.8. The van der Waals surface area contributed by atoms with Crippen LogP contribution in [0.5, 0.6) is 5.75 Å². The Labute approximate surface area is 171 Å². The second kappa shape index (κ2) is 11.5. The zero-order valence-electron chi connectivity index (χ0n) is 11.0. The first kappa shape index (κ1) is 24.3. The Morgan fingerprint density at radius 3 is 1.95 bits per heavy atom. The van der Waals surface area contributed by atoms with E-state index in [0.717, 1.165) is 0 Å². The van der Waals surface area contributed by atoms with Crippen molar-refractivity contribution < 1.29 is 51.6 Å². The van der Waals surface area contributed by atoms with Crippen molar-refractivity contribution in [3.63, 3.8) is 0 Å². The number of hydrogen-bond acceptors (Lipinski definition) is 1. The molecule has 0 saturated heterocycles. The van der Waals surface area contributed by atoms with Gasteiger partial charge in [0.25, 0.3) is 0 Å². The van der Waals surface area contributed by atoms with Crippen LogP contribution in [0.2, 0.25) is 15.1 Å². The number of benzene rings is 2. The quantitative estimate of drug-likeness (QED) is 0.390. The van der Waals surface area contributed by atoms with Gasteiger partial charge in [0, 0.05) is 5.02 Å². The first-order valence-corrected chi connectivity index (χ1v) is 6.65. The van der Waals surface area contributed by atoms with Gasteiger partial charge in [-0.3, -0.25) is 0 Å². The van der Waals surface area contributed by atoms with E-state index in [2.05, 4.69) is 42.5 Å². The van der Waals surface area contributed by atoms with Crippen LogP contribution in [0.1, 0.15) is 0 Å². The van der Waals surface area contributed by atoms with E-state index in [9.17, 15) is 0 Å². The van der Waals surface area contributed by atoms with Gasteiger partial charge in [-0.2, -0.15) is 17.5 Å². The molecule has 0 heterocycles. The normalized spacial score (nSPS) is 8.68. The Hall–Kier alpha value is 0.0143. The van der Waals surface area contributed by atoms with Gasteiger partial charge in [-0.15, -0.1) is 29.7 Å². The zero-order valence-corrected chi connectivity index (χ0v) is 16.4. The van der Waals surface area contributed by atoms with Crippen molar-refractivity contribution in [1.82, 2.24) is 0 Å². The average molecular weight is 431 g/mol. The second-order valence-electron chi connectivity index (χ2n) is 3.87. The molecule has 0 atom stereocenters. The van der Waals surface area contributed by atoms with Crippen LogP contribution >= 0.6 is 34.8 Å². The summed E-state index contributed by atoms with van der Waals surface area (Å²) in [5, 5.41) is 12.4. The van der Waals surface area contributed by atoms with E-state index in [1.807, 2.05) is 0 Å². The minimum atomic E-state index is -0.132. The second-order valence-corrected chi connectivity index (χ2v) is 5.12. The van der Waals surface area contributed by atoms with Gasteiger partial charge in [0.1, 0.15) is 0 Å². The molecule has 3 aromatic carbocycles. The fourth-order valence-corrected chi connectivity index (χ4v) is 2.42. The number of hydrogen-bond donors (Lipinski definition) is 1. The van der Waals surface area contributed by atoms with E-state index in [4.69, 9.17) is 39.9 Å². The van der Waals surface area contributed by atoms with E-state index in [1.165, 1.54) is 22.9 Å². The molecule has 0 amide bonds. The standard InChI is InChI=1S/C9H7.C6H3Cl3O.2ClH.Ti/c1-2-5-9-7-3-6-8(9)4-1;7-3-1-4(8)6(10)5(9)2-3;;;/h1-7H;1-2,10H;2*1H;/q-1;;;;+3/p-2. The van der Waals surface area contributed by atoms with Gasteiger partial charge >= 0.3 is 21.7 Å². The first-order valence-electron chi connectivity index (χ1n) is 5.52. The molecule has 0 aromatic heterocycles. The number of rotatable bonds is 0. The van der Waals surface area contributed by atoms with Gasteiger partial charge in [-0.1, -0.05) is 40.9 Å². The Balaban J connectivity index is 0. The van der Waals surface area contributed by atoms with Crippen molar-refractivity contribution in [2.75, 3.05) is 0 Å². The average Bonchev–Trinajstić information content (AvgIpc) is 2.84. The van der Waals surface area contributed by atoms with Crippen molar-refractivity contribution in [3.05, 3.63) is 69.7 Å². The molecular formula is C15H10Cl5OTi. The fourth-order valence-electron chi connectivity index (χ4n) is 1.60. The minimum Gasteiger partial charge on any atom is -1.00 e. The maximum atomic E-state index is 9.01. The molecule has 0 aliphatic rings. The number of fused-ring (bicyclic) bond motifs is 1. The van der Waals surface area contributed by atoms with Gasteiger partial charge in [0.2, 0.25) is 0 Å². The summed E-state index contributed by atoms with van der Waals surface area (Å²) in [5.41, 5.74) is 0. The molecule has 0 fully saturated rings. The first-order chi connectivity index (χ1) is 9.08. The van der Waals surface area contributed by atoms with Crippen LogP contribution in [0.25, 0.3) is 10.8 Å². The largest absolute Gasteiger partial charge is 3.00 e. The van der Waals surface area contributed by atoms with Crippen LogP contribution in [0.3, 0.4) is 0 Å². The topological polar surface area (TPSA) is 20.2 Å². The van der Waals surface area contributed by atoms with Gasteiger partial charge in [-0.25, -0.2) is 0 Å². The smallest absolute Gasteiger partial charge is 1.00 e. The molecule has 0 bridgehead atoms. The molecule has 0 spiro atoms. The van der Waals surface area contributed by atoms with E-state index in [0.29, 0.717) is 5.02 Å². The predicted octanol–water partition coefficient (Wildman–Crippen LogP) is -0.0834. The van der Waals surface area contributed by atoms with Crippen LogP contribution < -0.4 is 24.8 Å². The van der Waals surface area contributed by atoms with Crippen LogP contribution in [-0.2, 0) is 21.7 Å². The number of halogens is 5. The monoisotopic (exact) mass is 429 g/mol. The molecule has 3 aromatic rings. The summed E-state index contributed by atoms with van der Waals surface area (Å²) in [5.74, 6) is -0.132. The van der Waals surface area contributed by atoms with E-state index in [-0.39, 0.29) is 62.3 Å².